The van der Waals surface area contributed by atoms with Gasteiger partial charge >= 0.3 is 0 Å². The molecule has 116 heavy (non-hydrogen) atoms. The number of nitrogens with zero attached hydrogens (tertiary/aromatic N) is 1. The Morgan fingerprint density at radius 3 is 1.06 bits per heavy atom. The summed E-state index contributed by atoms with van der Waals surface area (Å²) in [7, 11) is 0. The van der Waals surface area contributed by atoms with Gasteiger partial charge in [0.2, 0.25) is 17.7 Å². The van der Waals surface area contributed by atoms with Crippen LogP contribution in [-0.4, -0.2) is 299 Å². The maximum absolute atomic E-state index is 14.1. The molecule has 4 rings (SSSR count). The molecule has 0 spiro atoms. The van der Waals surface area contributed by atoms with Crippen molar-refractivity contribution in [1.29, 1.82) is 0 Å². The number of Topliss-reactive ketones (excluding diaryl/α,β-unsaturated/α-hetero) is 5. The first-order valence-electron chi connectivity index (χ1n) is 43.7. The number of hydrogen-bond donors (Lipinski definition) is 12. The quantitative estimate of drug-likeness (QED) is 0.0313. The number of β-amino-alcohol motifs (C(OH)–C–C–N with tert-alkyl or cyclic N) is 1. The molecule has 12 N–H and O–H groups in total. The van der Waals surface area contributed by atoms with Crippen molar-refractivity contribution in [3.05, 3.63) is 0 Å². The lowest BCUT2D eigenvalue weighted by Crippen LogP contribution is -2.58. The monoisotopic (exact) mass is 1660 g/mol. The number of hydrogen-bond acceptors (Lipinski definition) is 28. The topological polar surface area (TPSA) is 458 Å². The van der Waals surface area contributed by atoms with Crippen molar-refractivity contribution in [2.45, 2.75) is 376 Å². The number of aliphatic hydroxyl groups is 10. The van der Waals surface area contributed by atoms with E-state index in [-0.39, 0.29) is 169 Å². The average molecular weight is 1660 g/mol. The van der Waals surface area contributed by atoms with Gasteiger partial charge in [0.05, 0.1) is 102 Å². The van der Waals surface area contributed by atoms with Gasteiger partial charge < -0.3 is 114 Å². The number of unbranched alkanes of at least 4 members (excludes halogenated alkanes) is 16. The van der Waals surface area contributed by atoms with Crippen LogP contribution < -0.4 is 10.6 Å². The third-order valence-corrected chi connectivity index (χ3v) is 22.3. The predicted octanol–water partition coefficient (Wildman–Crippen LogP) is 5.95. The fourth-order valence-corrected chi connectivity index (χ4v) is 14.7. The first-order chi connectivity index (χ1) is 55.5. The van der Waals surface area contributed by atoms with Gasteiger partial charge in [-0.15, -0.1) is 0 Å². The van der Waals surface area contributed by atoms with Gasteiger partial charge in [-0.1, -0.05) is 78.6 Å². The summed E-state index contributed by atoms with van der Waals surface area (Å²) in [5, 5.41) is 106. The predicted molar refractivity (Wildman–Crippen MR) is 428 cm³/mol. The highest BCUT2D eigenvalue weighted by Crippen LogP contribution is 2.31. The summed E-state index contributed by atoms with van der Waals surface area (Å²) in [6.07, 6.45) is 7.07. The molecular weight excluding hydrogens is 1510 g/mol. The molecule has 4 aliphatic rings. The van der Waals surface area contributed by atoms with Crippen LogP contribution in [-0.2, 0) is 85.7 Å². The van der Waals surface area contributed by atoms with E-state index in [0.717, 1.165) is 44.9 Å². The van der Waals surface area contributed by atoms with Crippen molar-refractivity contribution >= 4 is 46.6 Å². The van der Waals surface area contributed by atoms with Crippen LogP contribution in [0, 0.1) is 17.8 Å². The SMILES string of the molecule is CC1C(OCCCCC(=O)CCCCCC(=O)CCOCC(COCCC(=O)CCCCCNC(=O)CCCCOC2OC(CO)C(O)C(O)C2C)(COCCC(=O)CCCCCC(=O)CCCCOC2OC(CO)C(O)C(O)C2C)NC(=O)CCCCCCCCCCC(=O)N2C[C@H](O)C[C@H]2COC(C)(C)C)OC(CO)C(O)C1O. The molecule has 17 atom stereocenters. The molecule has 0 bridgehead atoms. The van der Waals surface area contributed by atoms with E-state index in [1.807, 2.05) is 20.8 Å². The molecule has 0 aliphatic carbocycles. The molecule has 0 aromatic rings. The Labute approximate surface area is 689 Å². The minimum atomic E-state index is -1.30. The number of likely N-dealkylation sites (tertiary alicyclic amines) is 1. The van der Waals surface area contributed by atoms with Gasteiger partial charge in [0.25, 0.3) is 0 Å². The molecule has 674 valence electrons. The van der Waals surface area contributed by atoms with Crippen molar-refractivity contribution in [3.8, 4) is 0 Å². The van der Waals surface area contributed by atoms with E-state index in [2.05, 4.69) is 10.6 Å². The molecule has 0 aromatic heterocycles. The van der Waals surface area contributed by atoms with E-state index in [1.165, 1.54) is 0 Å². The maximum atomic E-state index is 14.1. The Morgan fingerprint density at radius 2 is 0.690 bits per heavy atom. The van der Waals surface area contributed by atoms with Crippen molar-refractivity contribution in [2.24, 2.45) is 17.8 Å². The molecule has 15 unspecified atom stereocenters. The first-order valence-corrected chi connectivity index (χ1v) is 43.7. The van der Waals surface area contributed by atoms with Gasteiger partial charge in [-0.25, -0.2) is 0 Å². The summed E-state index contributed by atoms with van der Waals surface area (Å²) in [6.45, 7) is 11.2. The minimum absolute atomic E-state index is 0.0182. The van der Waals surface area contributed by atoms with Gasteiger partial charge in [-0.3, -0.25) is 38.4 Å². The number of carbonyl (C=O) groups excluding carboxylic acids is 8. The Morgan fingerprint density at radius 1 is 0.379 bits per heavy atom. The van der Waals surface area contributed by atoms with Gasteiger partial charge in [-0.2, -0.15) is 0 Å². The average Bonchev–Trinajstić information content (AvgIpc) is 1.33. The third kappa shape index (κ3) is 42.6. The largest absolute Gasteiger partial charge is 0.394 e. The van der Waals surface area contributed by atoms with Crippen LogP contribution >= 0.6 is 0 Å². The summed E-state index contributed by atoms with van der Waals surface area (Å²) in [6, 6.07) is -0.137. The van der Waals surface area contributed by atoms with Gasteiger partial charge in [0.1, 0.15) is 71.1 Å². The van der Waals surface area contributed by atoms with Crippen molar-refractivity contribution in [2.75, 3.05) is 99.0 Å². The van der Waals surface area contributed by atoms with Gasteiger partial charge in [-0.05, 0) is 117 Å². The zero-order valence-corrected chi connectivity index (χ0v) is 70.9. The van der Waals surface area contributed by atoms with E-state index in [1.54, 1.807) is 25.7 Å². The Bertz CT molecular complexity index is 2640. The summed E-state index contributed by atoms with van der Waals surface area (Å²) in [5.41, 5.74) is -1.65. The summed E-state index contributed by atoms with van der Waals surface area (Å²) in [4.78, 5) is 107. The van der Waals surface area contributed by atoms with Crippen LogP contribution in [0.5, 0.6) is 0 Å². The molecule has 4 saturated heterocycles. The second-order valence-corrected chi connectivity index (χ2v) is 33.7. The number of ether oxygens (including phenoxy) is 10. The Hall–Kier alpha value is -4.04. The molecule has 0 saturated carbocycles. The second-order valence-electron chi connectivity index (χ2n) is 33.7. The van der Waals surface area contributed by atoms with Crippen LogP contribution in [0.15, 0.2) is 0 Å². The summed E-state index contributed by atoms with van der Waals surface area (Å²) >= 11 is 0. The molecule has 31 nitrogen and oxygen atoms in total. The van der Waals surface area contributed by atoms with Crippen molar-refractivity contribution < 1.29 is 137 Å². The molecule has 0 aromatic carbocycles. The highest BCUT2D eigenvalue weighted by atomic mass is 16.7. The maximum Gasteiger partial charge on any atom is 0.222 e. The van der Waals surface area contributed by atoms with Crippen LogP contribution in [0.1, 0.15) is 279 Å². The van der Waals surface area contributed by atoms with Crippen LogP contribution in [0.2, 0.25) is 0 Å². The van der Waals surface area contributed by atoms with E-state index in [9.17, 15) is 89.4 Å². The number of carbonyl (C=O) groups is 8. The lowest BCUT2D eigenvalue weighted by atomic mass is 9.92. The van der Waals surface area contributed by atoms with Gasteiger partial charge in [0.15, 0.2) is 18.9 Å². The summed E-state index contributed by atoms with van der Waals surface area (Å²) < 4.78 is 58.8. The normalized spacial score (nSPS) is 26.2. The second kappa shape index (κ2) is 59.7. The molecule has 4 heterocycles. The van der Waals surface area contributed by atoms with Crippen LogP contribution in [0.3, 0.4) is 0 Å². The fraction of sp³-hybridized carbons (Fsp3) is 0.906. The zero-order valence-electron chi connectivity index (χ0n) is 70.9. The van der Waals surface area contributed by atoms with Gasteiger partial charge in [0, 0.05) is 134 Å². The number of aliphatic hydroxyl groups excluding tert-OH is 10. The molecular formula is C85H151N3O28. The molecule has 3 amide bonds. The van der Waals surface area contributed by atoms with E-state index in [0.29, 0.717) is 161 Å². The lowest BCUT2D eigenvalue weighted by molar-refractivity contribution is -0.282. The molecule has 31 heteroatoms. The number of rotatable bonds is 68. The minimum Gasteiger partial charge on any atom is -0.394 e. The Kier molecular flexibility index (Phi) is 53.6. The van der Waals surface area contributed by atoms with E-state index in [4.69, 9.17) is 47.4 Å². The third-order valence-electron chi connectivity index (χ3n) is 22.3. The van der Waals surface area contributed by atoms with Crippen molar-refractivity contribution in [3.63, 3.8) is 0 Å². The zero-order chi connectivity index (χ0) is 85.3. The lowest BCUT2D eigenvalue weighted by Gasteiger charge is -2.40. The van der Waals surface area contributed by atoms with Crippen LogP contribution in [0.25, 0.3) is 0 Å². The first kappa shape index (κ1) is 104. The Balaban J connectivity index is 1.27. The smallest absolute Gasteiger partial charge is 0.222 e. The van der Waals surface area contributed by atoms with Crippen LogP contribution in [0.4, 0.5) is 0 Å². The number of nitrogens with one attached hydrogen (secondary N) is 2. The fourth-order valence-electron chi connectivity index (χ4n) is 14.7. The molecule has 0 radical (unpaired) electrons. The highest BCUT2D eigenvalue weighted by Gasteiger charge is 2.45. The summed E-state index contributed by atoms with van der Waals surface area (Å²) in [5.74, 6) is -1.80. The standard InChI is InChI=1S/C85H151N3O28/c1-59-75(101)78(104)69(52-89)114-81(59)110-44-27-23-35-63(92)30-16-13-18-32-65(94)40-47-107-56-85(87-73(99)38-21-11-9-7-8-10-12-22-39-74(100)88-51-68(97)50-62(88)55-113-84(4,5)6,57-108-48-41-66(95)33-19-14-17-31-64(93)36-24-28-45-111-82-60(2)76(102)79(105)70(53-90)115-82)58-109-49-42-67(96)34-20-15-26-43-86-72(98)37-25-29-46-112-83-61(3)77(103)80(106)71(54-91)116-83/h59-62,68-71,75-83,89-91,97,101-106H,7-58H2,1-6H3,(H,86,98)(H,87,99)/t59?,60?,61?,62-,68+,69?,70?,71?,75?,76?,77?,78?,79?,80?,81?,82?,83?,85?/m0/s1. The van der Waals surface area contributed by atoms with E-state index < -0.39 is 123 Å². The van der Waals surface area contributed by atoms with Crippen molar-refractivity contribution in [1.82, 2.24) is 15.5 Å². The number of ketones is 5. The molecule has 4 aliphatic heterocycles. The number of amides is 3. The highest BCUT2D eigenvalue weighted by molar-refractivity contribution is 5.80. The molecule has 4 fully saturated rings. The van der Waals surface area contributed by atoms with E-state index >= 15 is 0 Å².